The normalized spacial score (nSPS) is 15.6. The molecule has 0 aliphatic carbocycles. The molecular formula is C21H27N3O2. The summed E-state index contributed by atoms with van der Waals surface area (Å²) in [5.74, 6) is 0.635. The van der Waals surface area contributed by atoms with E-state index in [4.69, 9.17) is 4.74 Å². The molecule has 1 heterocycles. The van der Waals surface area contributed by atoms with Gasteiger partial charge in [-0.1, -0.05) is 42.5 Å². The Balaban J connectivity index is 1.39. The molecule has 1 amide bonds. The minimum Gasteiger partial charge on any atom is -0.495 e. The number of para-hydroxylation sites is 2. The van der Waals surface area contributed by atoms with Crippen LogP contribution < -0.4 is 15.4 Å². The van der Waals surface area contributed by atoms with Crippen LogP contribution in [0.1, 0.15) is 18.4 Å². The molecule has 5 heteroatoms. The van der Waals surface area contributed by atoms with E-state index in [-0.39, 0.29) is 5.91 Å². The summed E-state index contributed by atoms with van der Waals surface area (Å²) < 4.78 is 5.26. The predicted molar refractivity (Wildman–Crippen MR) is 104 cm³/mol. The molecule has 0 atom stereocenters. The van der Waals surface area contributed by atoms with Gasteiger partial charge in [-0.05, 0) is 43.6 Å². The average Bonchev–Trinajstić information content (AvgIpc) is 2.69. The van der Waals surface area contributed by atoms with Crippen LogP contribution in [-0.2, 0) is 11.3 Å². The van der Waals surface area contributed by atoms with Gasteiger partial charge in [0.25, 0.3) is 0 Å². The van der Waals surface area contributed by atoms with Crippen LogP contribution >= 0.6 is 0 Å². The van der Waals surface area contributed by atoms with E-state index in [0.717, 1.165) is 32.5 Å². The van der Waals surface area contributed by atoms with E-state index >= 15 is 0 Å². The minimum absolute atomic E-state index is 0.0405. The number of piperidine rings is 1. The molecule has 0 bridgehead atoms. The summed E-state index contributed by atoms with van der Waals surface area (Å²) in [5.41, 5.74) is 2.06. The molecule has 1 aliphatic heterocycles. The van der Waals surface area contributed by atoms with Crippen molar-refractivity contribution < 1.29 is 9.53 Å². The second kappa shape index (κ2) is 9.36. The lowest BCUT2D eigenvalue weighted by molar-refractivity contribution is -0.115. The summed E-state index contributed by atoms with van der Waals surface area (Å²) in [6.07, 6.45) is 2.13. The summed E-state index contributed by atoms with van der Waals surface area (Å²) in [6.45, 7) is 3.44. The van der Waals surface area contributed by atoms with E-state index in [1.807, 2.05) is 24.3 Å². The Labute approximate surface area is 155 Å². The topological polar surface area (TPSA) is 53.6 Å². The molecule has 26 heavy (non-hydrogen) atoms. The largest absolute Gasteiger partial charge is 0.495 e. The van der Waals surface area contributed by atoms with Crippen molar-refractivity contribution in [1.29, 1.82) is 0 Å². The zero-order chi connectivity index (χ0) is 18.2. The van der Waals surface area contributed by atoms with Crippen LogP contribution in [0.4, 0.5) is 5.69 Å². The molecule has 2 aromatic carbocycles. The fourth-order valence-electron chi connectivity index (χ4n) is 3.32. The van der Waals surface area contributed by atoms with E-state index < -0.39 is 0 Å². The van der Waals surface area contributed by atoms with Crippen LogP contribution in [0, 0.1) is 0 Å². The van der Waals surface area contributed by atoms with Crippen molar-refractivity contribution in [2.45, 2.75) is 25.4 Å². The van der Waals surface area contributed by atoms with Gasteiger partial charge in [-0.15, -0.1) is 0 Å². The van der Waals surface area contributed by atoms with Gasteiger partial charge in [0, 0.05) is 12.6 Å². The molecule has 5 nitrogen and oxygen atoms in total. The highest BCUT2D eigenvalue weighted by Crippen LogP contribution is 2.22. The molecule has 3 rings (SSSR count). The Bertz CT molecular complexity index is 697. The molecule has 0 saturated carbocycles. The third kappa shape index (κ3) is 5.31. The number of nitrogens with zero attached hydrogens (tertiary/aromatic N) is 1. The molecule has 0 aromatic heterocycles. The number of carbonyl (C=O) groups excluding carboxylic acids is 1. The summed E-state index contributed by atoms with van der Waals surface area (Å²) in [7, 11) is 1.60. The first-order valence-electron chi connectivity index (χ1n) is 9.17. The van der Waals surface area contributed by atoms with E-state index in [1.54, 1.807) is 7.11 Å². The predicted octanol–water partition coefficient (Wildman–Crippen LogP) is 2.89. The Morgan fingerprint density at radius 3 is 2.50 bits per heavy atom. The maximum absolute atomic E-state index is 12.2. The molecule has 138 valence electrons. The number of benzene rings is 2. The van der Waals surface area contributed by atoms with Crippen molar-refractivity contribution in [1.82, 2.24) is 10.2 Å². The molecule has 2 aromatic rings. The molecular weight excluding hydrogens is 326 g/mol. The molecule has 1 fully saturated rings. The number of ether oxygens (including phenoxy) is 1. The third-order valence-corrected chi connectivity index (χ3v) is 4.77. The standard InChI is InChI=1S/C21H27N3O2/c1-26-20-10-6-5-9-19(20)23-21(25)15-22-18-11-13-24(14-12-18)16-17-7-3-2-4-8-17/h2-10,18,22H,11-16H2,1H3,(H,23,25). The lowest BCUT2D eigenvalue weighted by atomic mass is 10.0. The average molecular weight is 353 g/mol. The number of amides is 1. The lowest BCUT2D eigenvalue weighted by Gasteiger charge is -2.32. The Kier molecular flexibility index (Phi) is 6.63. The van der Waals surface area contributed by atoms with Crippen LogP contribution in [0.2, 0.25) is 0 Å². The highest BCUT2D eigenvalue weighted by molar-refractivity contribution is 5.93. The van der Waals surface area contributed by atoms with Crippen molar-refractivity contribution in [3.63, 3.8) is 0 Å². The number of rotatable bonds is 7. The van der Waals surface area contributed by atoms with Crippen molar-refractivity contribution >= 4 is 11.6 Å². The molecule has 0 unspecified atom stereocenters. The number of nitrogens with one attached hydrogen (secondary N) is 2. The zero-order valence-electron chi connectivity index (χ0n) is 15.3. The van der Waals surface area contributed by atoms with E-state index in [9.17, 15) is 4.79 Å². The number of likely N-dealkylation sites (tertiary alicyclic amines) is 1. The molecule has 1 saturated heterocycles. The number of anilines is 1. The van der Waals surface area contributed by atoms with Gasteiger partial charge < -0.3 is 15.4 Å². The summed E-state index contributed by atoms with van der Waals surface area (Å²) in [6, 6.07) is 18.4. The fraction of sp³-hybridized carbons (Fsp3) is 0.381. The molecule has 0 spiro atoms. The third-order valence-electron chi connectivity index (χ3n) is 4.77. The second-order valence-corrected chi connectivity index (χ2v) is 6.67. The molecule has 2 N–H and O–H groups in total. The second-order valence-electron chi connectivity index (χ2n) is 6.67. The first kappa shape index (κ1) is 18.4. The van der Waals surface area contributed by atoms with Crippen molar-refractivity contribution in [2.75, 3.05) is 32.1 Å². The van der Waals surface area contributed by atoms with Gasteiger partial charge in [-0.25, -0.2) is 0 Å². The molecule has 1 aliphatic rings. The van der Waals surface area contributed by atoms with Crippen molar-refractivity contribution in [2.24, 2.45) is 0 Å². The first-order chi connectivity index (χ1) is 12.7. The van der Waals surface area contributed by atoms with Gasteiger partial charge in [-0.3, -0.25) is 9.69 Å². The Morgan fingerprint density at radius 1 is 1.08 bits per heavy atom. The van der Waals surface area contributed by atoms with E-state index in [2.05, 4.69) is 45.9 Å². The Morgan fingerprint density at radius 2 is 1.77 bits per heavy atom. The van der Waals surface area contributed by atoms with Crippen molar-refractivity contribution in [3.8, 4) is 5.75 Å². The van der Waals surface area contributed by atoms with Gasteiger partial charge in [0.2, 0.25) is 5.91 Å². The highest BCUT2D eigenvalue weighted by Gasteiger charge is 2.19. The smallest absolute Gasteiger partial charge is 0.238 e. The quantitative estimate of drug-likeness (QED) is 0.804. The van der Waals surface area contributed by atoms with Gasteiger partial charge in [0.15, 0.2) is 0 Å². The van der Waals surface area contributed by atoms with Gasteiger partial charge in [0.05, 0.1) is 19.3 Å². The maximum Gasteiger partial charge on any atom is 0.238 e. The van der Waals surface area contributed by atoms with Gasteiger partial charge >= 0.3 is 0 Å². The summed E-state index contributed by atoms with van der Waals surface area (Å²) in [4.78, 5) is 14.7. The van der Waals surface area contributed by atoms with Crippen LogP contribution in [0.5, 0.6) is 5.75 Å². The molecule has 0 radical (unpaired) electrons. The number of methoxy groups -OCH3 is 1. The SMILES string of the molecule is COc1ccccc1NC(=O)CNC1CCN(Cc2ccccc2)CC1. The van der Waals surface area contributed by atoms with Crippen LogP contribution in [0.15, 0.2) is 54.6 Å². The monoisotopic (exact) mass is 353 g/mol. The zero-order valence-corrected chi connectivity index (χ0v) is 15.3. The first-order valence-corrected chi connectivity index (χ1v) is 9.17. The maximum atomic E-state index is 12.2. The highest BCUT2D eigenvalue weighted by atomic mass is 16.5. The minimum atomic E-state index is -0.0405. The van der Waals surface area contributed by atoms with E-state index in [0.29, 0.717) is 24.0 Å². The Hall–Kier alpha value is -2.37. The van der Waals surface area contributed by atoms with Crippen LogP contribution in [-0.4, -0.2) is 43.6 Å². The number of hydrogen-bond donors (Lipinski definition) is 2. The van der Waals surface area contributed by atoms with Crippen LogP contribution in [0.25, 0.3) is 0 Å². The summed E-state index contributed by atoms with van der Waals surface area (Å²) >= 11 is 0. The lowest BCUT2D eigenvalue weighted by Crippen LogP contribution is -2.44. The fourth-order valence-corrected chi connectivity index (χ4v) is 3.32. The van der Waals surface area contributed by atoms with Crippen LogP contribution in [0.3, 0.4) is 0 Å². The van der Waals surface area contributed by atoms with Gasteiger partial charge in [-0.2, -0.15) is 0 Å². The number of carbonyl (C=O) groups is 1. The van der Waals surface area contributed by atoms with E-state index in [1.165, 1.54) is 5.56 Å². The van der Waals surface area contributed by atoms with Crippen molar-refractivity contribution in [3.05, 3.63) is 60.2 Å². The van der Waals surface area contributed by atoms with Gasteiger partial charge in [0.1, 0.15) is 5.75 Å². The number of hydrogen-bond acceptors (Lipinski definition) is 4. The summed E-state index contributed by atoms with van der Waals surface area (Å²) in [5, 5.41) is 6.29.